The summed E-state index contributed by atoms with van der Waals surface area (Å²) in [6.45, 7) is 9.48. The molecule has 0 unspecified atom stereocenters. The molecule has 4 heteroatoms. The molecule has 0 aromatic heterocycles. The lowest BCUT2D eigenvalue weighted by Crippen LogP contribution is -2.46. The van der Waals surface area contributed by atoms with E-state index < -0.39 is 0 Å². The lowest BCUT2D eigenvalue weighted by atomic mass is 10.1. The van der Waals surface area contributed by atoms with Gasteiger partial charge in [0.1, 0.15) is 6.79 Å². The number of carbonyl (C=O) groups is 1. The Balaban J connectivity index is 0. The Hall–Kier alpha value is -0.450. The Morgan fingerprint density at radius 1 is 1.42 bits per heavy atom. The van der Waals surface area contributed by atoms with E-state index in [1.54, 1.807) is 0 Å². The van der Waals surface area contributed by atoms with Crippen molar-refractivity contribution in [3.05, 3.63) is 0 Å². The predicted octanol–water partition coefficient (Wildman–Crippen LogP) is -0.491. The highest BCUT2D eigenvalue weighted by Gasteiger charge is 2.10. The van der Waals surface area contributed by atoms with Crippen LogP contribution in [-0.2, 0) is 4.79 Å². The molecule has 0 saturated carbocycles. The van der Waals surface area contributed by atoms with Crippen LogP contribution in [0.5, 0.6) is 0 Å². The third-order valence-electron chi connectivity index (χ3n) is 0.760. The molecule has 1 heterocycles. The molecule has 1 fully saturated rings. The maximum atomic E-state index is 8.39. The quantitative estimate of drug-likeness (QED) is 0.465. The Morgan fingerprint density at radius 3 is 1.58 bits per heavy atom. The van der Waals surface area contributed by atoms with Gasteiger partial charge >= 0.3 is 0 Å². The van der Waals surface area contributed by atoms with E-state index in [0.29, 0.717) is 0 Å². The van der Waals surface area contributed by atoms with Crippen LogP contribution in [0.4, 0.5) is 0 Å². The topological polar surface area (TPSA) is 75.4 Å². The summed E-state index contributed by atoms with van der Waals surface area (Å²) >= 11 is 0. The van der Waals surface area contributed by atoms with E-state index >= 15 is 0 Å². The zero-order valence-electron chi connectivity index (χ0n) is 8.13. The second-order valence-corrected chi connectivity index (χ2v) is 3.68. The van der Waals surface area contributed by atoms with Crippen LogP contribution in [0.2, 0.25) is 0 Å². The molecular weight excluding hydrogens is 156 g/mol. The summed E-state index contributed by atoms with van der Waals surface area (Å²) in [5.41, 5.74) is 5.35. The lowest BCUT2D eigenvalue weighted by molar-refractivity contribution is -0.0979. The number of hydrogen-bond donors (Lipinski definition) is 3. The number of rotatable bonds is 0. The van der Waals surface area contributed by atoms with Gasteiger partial charge in [-0.15, -0.1) is 0 Å². The van der Waals surface area contributed by atoms with E-state index in [1.807, 2.05) is 27.6 Å². The molecule has 0 radical (unpaired) electrons. The normalized spacial score (nSPS) is 16.1. The smallest absolute Gasteiger partial charge is 0.106 e. The number of hydrogen-bond acceptors (Lipinski definition) is 4. The molecule has 1 aliphatic heterocycles. The summed E-state index contributed by atoms with van der Waals surface area (Å²) < 4.78 is 0. The Morgan fingerprint density at radius 2 is 1.58 bits per heavy atom. The number of nitrogens with two attached hydrogens (primary N) is 1. The Labute approximate surface area is 74.1 Å². The molecule has 0 aromatic rings. The van der Waals surface area contributed by atoms with Gasteiger partial charge in [0, 0.05) is 18.6 Å². The summed E-state index contributed by atoms with van der Waals surface area (Å²) in [7, 11) is 0. The van der Waals surface area contributed by atoms with E-state index in [9.17, 15) is 0 Å². The summed E-state index contributed by atoms with van der Waals surface area (Å²) in [6, 6.07) is 0. The van der Waals surface area contributed by atoms with Gasteiger partial charge in [-0.3, -0.25) is 0 Å². The van der Waals surface area contributed by atoms with Gasteiger partial charge in [0.05, 0.1) is 6.10 Å². The van der Waals surface area contributed by atoms with Crippen LogP contribution < -0.4 is 11.1 Å². The minimum absolute atomic E-state index is 0. The molecule has 0 atom stereocenters. The zero-order valence-corrected chi connectivity index (χ0v) is 8.13. The molecule has 0 spiro atoms. The number of β-amino-alcohol motifs (C(OH)–C–C–N with tert-alkyl or cyclic N) is 1. The van der Waals surface area contributed by atoms with Crippen molar-refractivity contribution in [2.45, 2.75) is 32.4 Å². The van der Waals surface area contributed by atoms with Gasteiger partial charge in [-0.25, -0.2) is 0 Å². The molecule has 1 saturated heterocycles. The zero-order chi connectivity index (χ0) is 10.2. The van der Waals surface area contributed by atoms with Gasteiger partial charge in [-0.05, 0) is 20.8 Å². The molecular formula is C8H20N2O2. The standard InChI is InChI=1S/C4H11N.C3H7NO.CH2O/c1-4(2,3)5;5-3-1-4-2-3;1-2/h5H2,1-3H3;3-5H,1-2H2;1H2. The molecule has 0 bridgehead atoms. The molecule has 4 nitrogen and oxygen atoms in total. The third kappa shape index (κ3) is 22.7. The predicted molar refractivity (Wildman–Crippen MR) is 49.9 cm³/mol. The molecule has 0 amide bonds. The number of carbonyl (C=O) groups excluding carboxylic acids is 1. The van der Waals surface area contributed by atoms with Crippen LogP contribution in [0, 0.1) is 0 Å². The van der Waals surface area contributed by atoms with Crippen LogP contribution in [0.1, 0.15) is 20.8 Å². The van der Waals surface area contributed by atoms with E-state index in [0.717, 1.165) is 13.1 Å². The minimum atomic E-state index is -0.0463. The van der Waals surface area contributed by atoms with E-state index in [-0.39, 0.29) is 11.6 Å². The SMILES string of the molecule is C=O.CC(C)(C)N.OC1CNC1. The van der Waals surface area contributed by atoms with Crippen molar-refractivity contribution in [3.8, 4) is 0 Å². The molecule has 12 heavy (non-hydrogen) atoms. The van der Waals surface area contributed by atoms with Crippen molar-refractivity contribution in [2.24, 2.45) is 5.73 Å². The highest BCUT2D eigenvalue weighted by molar-refractivity contribution is 5.10. The fourth-order valence-electron chi connectivity index (χ4n) is 0.273. The second kappa shape index (κ2) is 7.21. The third-order valence-corrected chi connectivity index (χ3v) is 0.760. The van der Waals surface area contributed by atoms with Crippen LogP contribution >= 0.6 is 0 Å². The fourth-order valence-corrected chi connectivity index (χ4v) is 0.273. The summed E-state index contributed by atoms with van der Waals surface area (Å²) in [5.74, 6) is 0. The van der Waals surface area contributed by atoms with Crippen molar-refractivity contribution in [3.63, 3.8) is 0 Å². The van der Waals surface area contributed by atoms with E-state index in [1.165, 1.54) is 0 Å². The number of aliphatic hydroxyl groups excluding tert-OH is 1. The first kappa shape index (κ1) is 14.1. The van der Waals surface area contributed by atoms with Gasteiger partial charge in [0.25, 0.3) is 0 Å². The summed E-state index contributed by atoms with van der Waals surface area (Å²) in [4.78, 5) is 8.00. The molecule has 0 aromatic carbocycles. The number of aliphatic hydroxyl groups is 1. The summed E-state index contributed by atoms with van der Waals surface area (Å²) in [6.07, 6.45) is -0.0463. The van der Waals surface area contributed by atoms with Crippen molar-refractivity contribution in [2.75, 3.05) is 13.1 Å². The van der Waals surface area contributed by atoms with E-state index in [2.05, 4.69) is 5.32 Å². The van der Waals surface area contributed by atoms with Gasteiger partial charge in [-0.1, -0.05) is 0 Å². The second-order valence-electron chi connectivity index (χ2n) is 3.68. The lowest BCUT2D eigenvalue weighted by Gasteiger charge is -2.20. The number of nitrogens with one attached hydrogen (secondary N) is 1. The van der Waals surface area contributed by atoms with Crippen molar-refractivity contribution in [1.82, 2.24) is 5.32 Å². The van der Waals surface area contributed by atoms with E-state index in [4.69, 9.17) is 15.6 Å². The van der Waals surface area contributed by atoms with Gasteiger partial charge in [0.2, 0.25) is 0 Å². The van der Waals surface area contributed by atoms with Crippen LogP contribution in [0.25, 0.3) is 0 Å². The maximum Gasteiger partial charge on any atom is 0.106 e. The van der Waals surface area contributed by atoms with Crippen molar-refractivity contribution >= 4 is 6.79 Å². The van der Waals surface area contributed by atoms with Gasteiger partial charge in [-0.2, -0.15) is 0 Å². The Kier molecular flexibility index (Phi) is 8.47. The molecule has 4 N–H and O–H groups in total. The van der Waals surface area contributed by atoms with Crippen LogP contribution in [0.3, 0.4) is 0 Å². The first-order valence-electron chi connectivity index (χ1n) is 3.86. The molecule has 1 aliphatic rings. The van der Waals surface area contributed by atoms with Gasteiger partial charge < -0.3 is 21.0 Å². The Bertz CT molecular complexity index is 91.7. The maximum absolute atomic E-state index is 8.39. The average molecular weight is 176 g/mol. The van der Waals surface area contributed by atoms with Crippen molar-refractivity contribution in [1.29, 1.82) is 0 Å². The largest absolute Gasteiger partial charge is 0.390 e. The molecule has 0 aliphatic carbocycles. The van der Waals surface area contributed by atoms with Crippen LogP contribution in [0.15, 0.2) is 0 Å². The first-order valence-corrected chi connectivity index (χ1v) is 3.86. The highest BCUT2D eigenvalue weighted by Crippen LogP contribution is 1.88. The summed E-state index contributed by atoms with van der Waals surface area (Å²) in [5, 5.41) is 11.3. The fraction of sp³-hybridized carbons (Fsp3) is 0.875. The van der Waals surface area contributed by atoms with Crippen LogP contribution in [-0.4, -0.2) is 36.6 Å². The highest BCUT2D eigenvalue weighted by atomic mass is 16.3. The first-order chi connectivity index (χ1) is 5.39. The minimum Gasteiger partial charge on any atom is -0.390 e. The van der Waals surface area contributed by atoms with Crippen molar-refractivity contribution < 1.29 is 9.90 Å². The monoisotopic (exact) mass is 176 g/mol. The molecule has 74 valence electrons. The van der Waals surface area contributed by atoms with Gasteiger partial charge in [0.15, 0.2) is 0 Å². The average Bonchev–Trinajstić information content (AvgIpc) is 1.85. The molecule has 1 rings (SSSR count).